The third-order valence-electron chi connectivity index (χ3n) is 1.43. The van der Waals surface area contributed by atoms with Gasteiger partial charge in [-0.05, 0) is 6.92 Å². The third-order valence-corrected chi connectivity index (χ3v) is 2.54. The number of carbonyl (C=O) groups is 1. The number of ether oxygens (including phenoxy) is 1. The van der Waals surface area contributed by atoms with Crippen LogP contribution in [0.2, 0.25) is 0 Å². The van der Waals surface area contributed by atoms with E-state index >= 15 is 0 Å². The molecule has 1 rings (SSSR count). The Morgan fingerprint density at radius 3 is 2.93 bits per heavy atom. The van der Waals surface area contributed by atoms with Crippen LogP contribution < -0.4 is 0 Å². The van der Waals surface area contributed by atoms with Crippen LogP contribution >= 0.6 is 0 Å². The minimum Gasteiger partial charge on any atom is -0.461 e. The molecule has 0 aromatic carbocycles. The number of hydrogen-bond donors (Lipinski definition) is 0. The molecule has 0 bridgehead atoms. The van der Waals surface area contributed by atoms with Crippen molar-refractivity contribution in [3.8, 4) is 0 Å². The summed E-state index contributed by atoms with van der Waals surface area (Å²) in [4.78, 5) is 14.6. The first-order valence-corrected chi connectivity index (χ1v) is 5.56. The van der Waals surface area contributed by atoms with Crippen molar-refractivity contribution in [1.82, 2.24) is 4.98 Å². The second kappa shape index (κ2) is 4.26. The van der Waals surface area contributed by atoms with Crippen molar-refractivity contribution in [1.29, 1.82) is 0 Å². The summed E-state index contributed by atoms with van der Waals surface area (Å²) in [5.74, 6) is -0.730. The summed E-state index contributed by atoms with van der Waals surface area (Å²) in [6.45, 7) is 4.90. The molecular weight excluding hydrogens is 222 g/mol. The third kappa shape index (κ3) is 2.44. The molecule has 1 heterocycles. The Morgan fingerprint density at radius 2 is 2.40 bits per heavy atom. The number of carbonyl (C=O) groups excluding carboxylic acids is 1. The molecule has 7 heteroatoms. The number of oxazole rings is 1. The fraction of sp³-hybridized carbons (Fsp3) is 0.250. The van der Waals surface area contributed by atoms with E-state index in [1.165, 1.54) is 0 Å². The molecule has 82 valence electrons. The fourth-order valence-electron chi connectivity index (χ4n) is 0.758. The van der Waals surface area contributed by atoms with E-state index in [1.807, 2.05) is 0 Å². The molecule has 0 aliphatic carbocycles. The second-order valence-corrected chi connectivity index (χ2v) is 4.20. The van der Waals surface area contributed by atoms with E-state index in [0.717, 1.165) is 6.26 Å². The molecule has 1 aromatic heterocycles. The first kappa shape index (κ1) is 11.4. The van der Waals surface area contributed by atoms with Crippen LogP contribution in [0.25, 0.3) is 0 Å². The van der Waals surface area contributed by atoms with E-state index in [9.17, 15) is 13.2 Å². The van der Waals surface area contributed by atoms with Crippen molar-refractivity contribution >= 4 is 15.8 Å². The van der Waals surface area contributed by atoms with Gasteiger partial charge in [0.2, 0.25) is 0 Å². The molecule has 0 aliphatic heterocycles. The highest BCUT2D eigenvalue weighted by atomic mass is 32.2. The van der Waals surface area contributed by atoms with Crippen molar-refractivity contribution in [2.75, 3.05) is 6.61 Å². The van der Waals surface area contributed by atoms with E-state index in [4.69, 9.17) is 0 Å². The molecule has 6 nitrogen and oxygen atoms in total. The summed E-state index contributed by atoms with van der Waals surface area (Å²) in [6, 6.07) is 0. The van der Waals surface area contributed by atoms with Gasteiger partial charge in [0, 0.05) is 5.41 Å². The molecule has 0 spiro atoms. The van der Waals surface area contributed by atoms with Crippen LogP contribution in [0.1, 0.15) is 17.4 Å². The first-order valence-electron chi connectivity index (χ1n) is 4.01. The topological polar surface area (TPSA) is 86.5 Å². The Labute approximate surface area is 86.5 Å². The smallest absolute Gasteiger partial charge is 0.360 e. The number of esters is 1. The number of hydrogen-bond acceptors (Lipinski definition) is 6. The lowest BCUT2D eigenvalue weighted by atomic mass is 10.5. The lowest BCUT2D eigenvalue weighted by molar-refractivity contribution is 0.0519. The molecule has 0 aliphatic rings. The Balaban J connectivity index is 3.00. The summed E-state index contributed by atoms with van der Waals surface area (Å²) in [7, 11) is -3.75. The zero-order valence-electron chi connectivity index (χ0n) is 7.97. The highest BCUT2D eigenvalue weighted by molar-refractivity contribution is 7.94. The van der Waals surface area contributed by atoms with E-state index in [2.05, 4.69) is 20.7 Å². The Bertz CT molecular complexity index is 473. The van der Waals surface area contributed by atoms with Crippen LogP contribution in [0.15, 0.2) is 27.9 Å². The molecule has 1 aromatic rings. The lowest BCUT2D eigenvalue weighted by Gasteiger charge is -1.94. The molecule has 0 atom stereocenters. The second-order valence-electron chi connectivity index (χ2n) is 2.43. The zero-order chi connectivity index (χ0) is 11.5. The maximum absolute atomic E-state index is 11.2. The maximum Gasteiger partial charge on any atom is 0.360 e. The molecule has 15 heavy (non-hydrogen) atoms. The summed E-state index contributed by atoms with van der Waals surface area (Å²) in [6.07, 6.45) is 0.925. The highest BCUT2D eigenvalue weighted by Gasteiger charge is 2.20. The minimum absolute atomic E-state index is 0.176. The van der Waals surface area contributed by atoms with Crippen molar-refractivity contribution in [2.24, 2.45) is 0 Å². The van der Waals surface area contributed by atoms with Crippen LogP contribution in [0.4, 0.5) is 0 Å². The van der Waals surface area contributed by atoms with Gasteiger partial charge in [-0.1, -0.05) is 6.58 Å². The van der Waals surface area contributed by atoms with Crippen LogP contribution in [0, 0.1) is 0 Å². The van der Waals surface area contributed by atoms with E-state index < -0.39 is 21.0 Å². The van der Waals surface area contributed by atoms with Gasteiger partial charge in [-0.25, -0.2) is 13.2 Å². The lowest BCUT2D eigenvalue weighted by Crippen LogP contribution is -2.05. The van der Waals surface area contributed by atoms with Crippen molar-refractivity contribution < 1.29 is 22.4 Å². The number of aromatic nitrogens is 1. The Hall–Kier alpha value is -1.63. The minimum atomic E-state index is -3.75. The van der Waals surface area contributed by atoms with Crippen LogP contribution in [0.5, 0.6) is 0 Å². The quantitative estimate of drug-likeness (QED) is 0.711. The van der Waals surface area contributed by atoms with Gasteiger partial charge < -0.3 is 9.15 Å². The first-order chi connectivity index (χ1) is 7.01. The van der Waals surface area contributed by atoms with Crippen LogP contribution in [-0.2, 0) is 14.6 Å². The van der Waals surface area contributed by atoms with Gasteiger partial charge in [0.25, 0.3) is 9.84 Å². The summed E-state index contributed by atoms with van der Waals surface area (Å²) in [5.41, 5.74) is -0.183. The van der Waals surface area contributed by atoms with E-state index in [-0.39, 0.29) is 12.3 Å². The molecule has 0 N–H and O–H groups in total. The monoisotopic (exact) mass is 231 g/mol. The maximum atomic E-state index is 11.2. The number of sulfone groups is 1. The molecule has 0 saturated carbocycles. The van der Waals surface area contributed by atoms with Crippen molar-refractivity contribution in [3.63, 3.8) is 0 Å². The van der Waals surface area contributed by atoms with Crippen molar-refractivity contribution in [3.05, 3.63) is 23.9 Å². The van der Waals surface area contributed by atoms with Gasteiger partial charge in [0.05, 0.1) is 6.61 Å². The van der Waals surface area contributed by atoms with Gasteiger partial charge in [-0.2, -0.15) is 4.98 Å². The highest BCUT2D eigenvalue weighted by Crippen LogP contribution is 2.11. The normalized spacial score (nSPS) is 11.0. The Morgan fingerprint density at radius 1 is 1.73 bits per heavy atom. The van der Waals surface area contributed by atoms with Crippen LogP contribution in [-0.4, -0.2) is 26.0 Å². The molecular formula is C8H9NO5S. The summed E-state index contributed by atoms with van der Waals surface area (Å²) >= 11 is 0. The molecule has 0 unspecified atom stereocenters. The predicted molar refractivity (Wildman–Crippen MR) is 49.8 cm³/mol. The van der Waals surface area contributed by atoms with Gasteiger partial charge >= 0.3 is 11.2 Å². The predicted octanol–water partition coefficient (Wildman–Crippen LogP) is 0.768. The van der Waals surface area contributed by atoms with Gasteiger partial charge in [0.1, 0.15) is 6.26 Å². The molecule has 0 fully saturated rings. The molecule has 0 radical (unpaired) electrons. The number of nitrogens with zero attached hydrogens (tertiary/aromatic N) is 1. The van der Waals surface area contributed by atoms with Gasteiger partial charge in [-0.3, -0.25) is 0 Å². The zero-order valence-corrected chi connectivity index (χ0v) is 8.78. The standard InChI is InChI=1S/C8H9NO5S/c1-3-13-7(10)6-5-14-8(9-6)15(11,12)4-2/h4-5H,2-3H2,1H3. The average Bonchev–Trinajstić information content (AvgIpc) is 2.67. The fourth-order valence-corrected chi connectivity index (χ4v) is 1.31. The number of rotatable bonds is 4. The molecule has 0 saturated heterocycles. The van der Waals surface area contributed by atoms with Crippen molar-refractivity contribution in [2.45, 2.75) is 12.1 Å². The molecule has 0 amide bonds. The Kier molecular flexibility index (Phi) is 3.25. The van der Waals surface area contributed by atoms with Crippen LogP contribution in [0.3, 0.4) is 0 Å². The summed E-state index contributed by atoms with van der Waals surface area (Å²) in [5, 5.41) is 0.119. The van der Waals surface area contributed by atoms with Gasteiger partial charge in [-0.15, -0.1) is 0 Å². The van der Waals surface area contributed by atoms with E-state index in [0.29, 0.717) is 5.41 Å². The van der Waals surface area contributed by atoms with Gasteiger partial charge in [0.15, 0.2) is 5.69 Å². The SMILES string of the molecule is C=CS(=O)(=O)c1nc(C(=O)OCC)co1. The largest absolute Gasteiger partial charge is 0.461 e. The summed E-state index contributed by atoms with van der Waals surface area (Å²) < 4.78 is 31.6. The van der Waals surface area contributed by atoms with E-state index in [1.54, 1.807) is 6.92 Å². The average molecular weight is 231 g/mol.